The average Bonchev–Trinajstić information content (AvgIpc) is 2.33. The number of nitrogens with one attached hydrogen (secondary N) is 1. The summed E-state index contributed by atoms with van der Waals surface area (Å²) in [5.41, 5.74) is 0.624. The Balaban J connectivity index is 2.27. The van der Waals surface area contributed by atoms with Crippen LogP contribution >= 0.6 is 23.2 Å². The molecule has 0 spiro atoms. The highest BCUT2D eigenvalue weighted by atomic mass is 35.5. The molecule has 18 heavy (non-hydrogen) atoms. The van der Waals surface area contributed by atoms with Gasteiger partial charge in [0.05, 0.1) is 16.3 Å². The van der Waals surface area contributed by atoms with Gasteiger partial charge in [-0.2, -0.15) is 0 Å². The van der Waals surface area contributed by atoms with E-state index < -0.39 is 5.97 Å². The number of benzene rings is 1. The van der Waals surface area contributed by atoms with Crippen molar-refractivity contribution < 1.29 is 9.90 Å². The molecule has 1 aromatic carbocycles. The number of carboxylic acids is 1. The van der Waals surface area contributed by atoms with Crippen molar-refractivity contribution in [2.45, 2.75) is 38.1 Å². The first-order valence-electron chi connectivity index (χ1n) is 6.07. The summed E-state index contributed by atoms with van der Waals surface area (Å²) >= 11 is 11.9. The van der Waals surface area contributed by atoms with E-state index in [1.165, 1.54) is 25.3 Å². The summed E-state index contributed by atoms with van der Waals surface area (Å²) in [6.07, 6.45) is 5.70. The number of halogens is 2. The van der Waals surface area contributed by atoms with E-state index in [0.717, 1.165) is 12.8 Å². The minimum atomic E-state index is -1.02. The van der Waals surface area contributed by atoms with E-state index in [4.69, 9.17) is 23.2 Å². The van der Waals surface area contributed by atoms with Gasteiger partial charge in [-0.3, -0.25) is 0 Å². The molecule has 0 amide bonds. The summed E-state index contributed by atoms with van der Waals surface area (Å²) in [4.78, 5) is 11.2. The zero-order valence-electron chi connectivity index (χ0n) is 9.88. The predicted octanol–water partition coefficient (Wildman–Crippen LogP) is 4.44. The number of hydrogen-bond acceptors (Lipinski definition) is 2. The number of hydrogen-bond donors (Lipinski definition) is 2. The molecule has 0 bridgehead atoms. The van der Waals surface area contributed by atoms with Gasteiger partial charge in [0.25, 0.3) is 0 Å². The van der Waals surface area contributed by atoms with Crippen LogP contribution in [0.2, 0.25) is 10.0 Å². The molecule has 3 nitrogen and oxygen atoms in total. The largest absolute Gasteiger partial charge is 0.478 e. The van der Waals surface area contributed by atoms with Crippen molar-refractivity contribution in [3.63, 3.8) is 0 Å². The van der Waals surface area contributed by atoms with E-state index in [2.05, 4.69) is 5.32 Å². The van der Waals surface area contributed by atoms with E-state index in [9.17, 15) is 9.90 Å². The second kappa shape index (κ2) is 5.81. The molecule has 0 aliphatic heterocycles. The van der Waals surface area contributed by atoms with Crippen molar-refractivity contribution in [1.82, 2.24) is 0 Å². The van der Waals surface area contributed by atoms with Gasteiger partial charge >= 0.3 is 5.97 Å². The molecule has 0 aromatic heterocycles. The number of anilines is 1. The smallest absolute Gasteiger partial charge is 0.337 e. The molecule has 0 atom stereocenters. The normalized spacial score (nSPS) is 16.6. The van der Waals surface area contributed by atoms with Gasteiger partial charge < -0.3 is 10.4 Å². The van der Waals surface area contributed by atoms with Gasteiger partial charge in [0, 0.05) is 11.1 Å². The lowest BCUT2D eigenvalue weighted by atomic mass is 9.95. The molecule has 0 heterocycles. The molecule has 98 valence electrons. The molecule has 1 aliphatic rings. The van der Waals surface area contributed by atoms with E-state index in [-0.39, 0.29) is 5.56 Å². The summed E-state index contributed by atoms with van der Waals surface area (Å²) in [5.74, 6) is -1.02. The van der Waals surface area contributed by atoms with Gasteiger partial charge in [-0.1, -0.05) is 42.5 Å². The third-order valence-electron chi connectivity index (χ3n) is 3.24. The molecule has 1 aliphatic carbocycles. The van der Waals surface area contributed by atoms with E-state index in [0.29, 0.717) is 21.8 Å². The Hall–Kier alpha value is -0.930. The summed E-state index contributed by atoms with van der Waals surface area (Å²) < 4.78 is 0. The summed E-state index contributed by atoms with van der Waals surface area (Å²) in [5, 5.41) is 13.1. The maximum atomic E-state index is 11.2. The SMILES string of the molecule is O=C(O)c1cc(Cl)cc(Cl)c1NC1CCCCC1. The van der Waals surface area contributed by atoms with Crippen LogP contribution in [-0.2, 0) is 0 Å². The van der Waals surface area contributed by atoms with Gasteiger partial charge in [0.1, 0.15) is 0 Å². The first-order valence-corrected chi connectivity index (χ1v) is 6.82. The second-order valence-corrected chi connectivity index (χ2v) is 5.44. The van der Waals surface area contributed by atoms with Crippen molar-refractivity contribution >= 4 is 34.9 Å². The summed E-state index contributed by atoms with van der Waals surface area (Å²) in [6, 6.07) is 3.30. The van der Waals surface area contributed by atoms with Crippen LogP contribution in [0.5, 0.6) is 0 Å². The van der Waals surface area contributed by atoms with Crippen LogP contribution in [0, 0.1) is 0 Å². The lowest BCUT2D eigenvalue weighted by molar-refractivity contribution is 0.0698. The van der Waals surface area contributed by atoms with Gasteiger partial charge in [0.15, 0.2) is 0 Å². The standard InChI is InChI=1S/C13H15Cl2NO2/c14-8-6-10(13(17)18)12(11(15)7-8)16-9-4-2-1-3-5-9/h6-7,9,16H,1-5H2,(H,17,18). The van der Waals surface area contributed by atoms with Crippen LogP contribution in [0.1, 0.15) is 42.5 Å². The molecule has 1 fully saturated rings. The topological polar surface area (TPSA) is 49.3 Å². The zero-order valence-corrected chi connectivity index (χ0v) is 11.4. The molecule has 1 aromatic rings. The Morgan fingerprint density at radius 3 is 2.50 bits per heavy atom. The number of rotatable bonds is 3. The Bertz CT molecular complexity index is 457. The minimum Gasteiger partial charge on any atom is -0.478 e. The van der Waals surface area contributed by atoms with Crippen molar-refractivity contribution in [1.29, 1.82) is 0 Å². The van der Waals surface area contributed by atoms with Gasteiger partial charge in [0.2, 0.25) is 0 Å². The third kappa shape index (κ3) is 3.09. The minimum absolute atomic E-state index is 0.137. The van der Waals surface area contributed by atoms with Crippen molar-refractivity contribution in [2.24, 2.45) is 0 Å². The van der Waals surface area contributed by atoms with Gasteiger partial charge in [-0.25, -0.2) is 4.79 Å². The first kappa shape index (κ1) is 13.5. The van der Waals surface area contributed by atoms with Crippen LogP contribution in [0.25, 0.3) is 0 Å². The fourth-order valence-electron chi connectivity index (χ4n) is 2.34. The first-order chi connectivity index (χ1) is 8.58. The summed E-state index contributed by atoms with van der Waals surface area (Å²) in [7, 11) is 0. The highest BCUT2D eigenvalue weighted by molar-refractivity contribution is 6.37. The molecular weight excluding hydrogens is 273 g/mol. The monoisotopic (exact) mass is 287 g/mol. The third-order valence-corrected chi connectivity index (χ3v) is 3.76. The summed E-state index contributed by atoms with van der Waals surface area (Å²) in [6.45, 7) is 0. The molecule has 2 rings (SSSR count). The number of aromatic carboxylic acids is 1. The lowest BCUT2D eigenvalue weighted by Gasteiger charge is -2.25. The number of carbonyl (C=O) groups is 1. The Morgan fingerprint density at radius 1 is 1.22 bits per heavy atom. The molecule has 0 radical (unpaired) electrons. The highest BCUT2D eigenvalue weighted by Crippen LogP contribution is 2.32. The highest BCUT2D eigenvalue weighted by Gasteiger charge is 2.19. The van der Waals surface area contributed by atoms with Crippen molar-refractivity contribution in [3.8, 4) is 0 Å². The quantitative estimate of drug-likeness (QED) is 0.864. The fraction of sp³-hybridized carbons (Fsp3) is 0.462. The molecule has 5 heteroatoms. The molecule has 1 saturated carbocycles. The van der Waals surface area contributed by atoms with E-state index in [1.54, 1.807) is 6.07 Å². The van der Waals surface area contributed by atoms with Crippen molar-refractivity contribution in [2.75, 3.05) is 5.32 Å². The lowest BCUT2D eigenvalue weighted by Crippen LogP contribution is -2.23. The van der Waals surface area contributed by atoms with Crippen LogP contribution in [-0.4, -0.2) is 17.1 Å². The zero-order chi connectivity index (χ0) is 13.1. The van der Waals surface area contributed by atoms with Gasteiger partial charge in [-0.05, 0) is 25.0 Å². The second-order valence-electron chi connectivity index (χ2n) is 4.59. The van der Waals surface area contributed by atoms with Crippen LogP contribution < -0.4 is 5.32 Å². The van der Waals surface area contributed by atoms with E-state index >= 15 is 0 Å². The fourth-order valence-corrected chi connectivity index (χ4v) is 2.89. The Morgan fingerprint density at radius 2 is 1.89 bits per heavy atom. The predicted molar refractivity (Wildman–Crippen MR) is 73.9 cm³/mol. The Kier molecular flexibility index (Phi) is 4.36. The van der Waals surface area contributed by atoms with E-state index in [1.807, 2.05) is 0 Å². The number of carboxylic acid groups (broad SMARTS) is 1. The molecular formula is C13H15Cl2NO2. The van der Waals surface area contributed by atoms with Gasteiger partial charge in [-0.15, -0.1) is 0 Å². The molecule has 0 saturated heterocycles. The Labute approximate surface area is 116 Å². The average molecular weight is 288 g/mol. The maximum Gasteiger partial charge on any atom is 0.337 e. The van der Waals surface area contributed by atoms with Crippen molar-refractivity contribution in [3.05, 3.63) is 27.7 Å². The van der Waals surface area contributed by atoms with Crippen LogP contribution in [0.3, 0.4) is 0 Å². The maximum absolute atomic E-state index is 11.2. The van der Waals surface area contributed by atoms with Crippen LogP contribution in [0.15, 0.2) is 12.1 Å². The molecule has 2 N–H and O–H groups in total. The molecule has 0 unspecified atom stereocenters. The van der Waals surface area contributed by atoms with Crippen LogP contribution in [0.4, 0.5) is 5.69 Å².